The Morgan fingerprint density at radius 3 is 2.68 bits per heavy atom. The van der Waals surface area contributed by atoms with Crippen molar-refractivity contribution >= 4 is 5.96 Å². The maximum atomic E-state index is 5.69. The molecular formula is C17H29N3O2. The SMILES string of the molecule is CCOCCCCNC(=NC)NCCOc1cccc(C)c1. The average Bonchev–Trinajstić information content (AvgIpc) is 2.52. The molecule has 0 atom stereocenters. The lowest BCUT2D eigenvalue weighted by Gasteiger charge is -2.12. The zero-order valence-corrected chi connectivity index (χ0v) is 14.0. The first-order valence-electron chi connectivity index (χ1n) is 7.98. The number of nitrogens with zero attached hydrogens (tertiary/aromatic N) is 1. The van der Waals surface area contributed by atoms with Crippen molar-refractivity contribution in [1.82, 2.24) is 10.6 Å². The third-order valence-corrected chi connectivity index (χ3v) is 3.09. The minimum atomic E-state index is 0.606. The average molecular weight is 307 g/mol. The third kappa shape index (κ3) is 8.52. The van der Waals surface area contributed by atoms with Crippen LogP contribution in [0.4, 0.5) is 0 Å². The van der Waals surface area contributed by atoms with Crippen LogP contribution < -0.4 is 15.4 Å². The van der Waals surface area contributed by atoms with E-state index in [9.17, 15) is 0 Å². The number of hydrogen-bond donors (Lipinski definition) is 2. The van der Waals surface area contributed by atoms with Crippen LogP contribution in [0.5, 0.6) is 5.75 Å². The number of benzene rings is 1. The Morgan fingerprint density at radius 1 is 1.14 bits per heavy atom. The summed E-state index contributed by atoms with van der Waals surface area (Å²) in [6.07, 6.45) is 2.13. The monoisotopic (exact) mass is 307 g/mol. The van der Waals surface area contributed by atoms with E-state index in [4.69, 9.17) is 9.47 Å². The maximum Gasteiger partial charge on any atom is 0.191 e. The van der Waals surface area contributed by atoms with Gasteiger partial charge in [-0.2, -0.15) is 0 Å². The fourth-order valence-corrected chi connectivity index (χ4v) is 1.94. The molecule has 1 rings (SSSR count). The van der Waals surface area contributed by atoms with Gasteiger partial charge in [0.05, 0.1) is 6.54 Å². The lowest BCUT2D eigenvalue weighted by atomic mass is 10.2. The van der Waals surface area contributed by atoms with Crippen molar-refractivity contribution < 1.29 is 9.47 Å². The topological polar surface area (TPSA) is 54.9 Å². The van der Waals surface area contributed by atoms with Crippen molar-refractivity contribution in [3.63, 3.8) is 0 Å². The van der Waals surface area contributed by atoms with Gasteiger partial charge in [0, 0.05) is 26.8 Å². The fourth-order valence-electron chi connectivity index (χ4n) is 1.94. The normalized spacial score (nSPS) is 11.3. The minimum Gasteiger partial charge on any atom is -0.492 e. The molecule has 1 aromatic rings. The molecule has 0 radical (unpaired) electrons. The zero-order chi connectivity index (χ0) is 16.0. The molecule has 0 aliphatic rings. The van der Waals surface area contributed by atoms with Gasteiger partial charge in [0.1, 0.15) is 12.4 Å². The van der Waals surface area contributed by atoms with Crippen LogP contribution in [0.2, 0.25) is 0 Å². The number of nitrogens with one attached hydrogen (secondary N) is 2. The first-order valence-corrected chi connectivity index (χ1v) is 7.98. The standard InChI is InChI=1S/C17H29N3O2/c1-4-21-12-6-5-10-19-17(18-3)20-11-13-22-16-9-7-8-15(2)14-16/h7-9,14H,4-6,10-13H2,1-3H3,(H2,18,19,20). The Bertz CT molecular complexity index is 436. The molecule has 0 aliphatic heterocycles. The molecule has 0 saturated carbocycles. The summed E-state index contributed by atoms with van der Waals surface area (Å²) >= 11 is 0. The number of aryl methyl sites for hydroxylation is 1. The van der Waals surface area contributed by atoms with E-state index in [0.29, 0.717) is 13.2 Å². The summed E-state index contributed by atoms with van der Waals surface area (Å²) in [7, 11) is 1.77. The largest absolute Gasteiger partial charge is 0.492 e. The molecule has 2 N–H and O–H groups in total. The summed E-state index contributed by atoms with van der Waals surface area (Å²) in [5.74, 6) is 1.71. The summed E-state index contributed by atoms with van der Waals surface area (Å²) in [6, 6.07) is 8.06. The molecule has 5 nitrogen and oxygen atoms in total. The molecule has 124 valence electrons. The van der Waals surface area contributed by atoms with Gasteiger partial charge in [-0.15, -0.1) is 0 Å². The van der Waals surface area contributed by atoms with Crippen molar-refractivity contribution in [1.29, 1.82) is 0 Å². The second-order valence-electron chi connectivity index (χ2n) is 4.99. The van der Waals surface area contributed by atoms with Crippen molar-refractivity contribution in [2.45, 2.75) is 26.7 Å². The molecule has 22 heavy (non-hydrogen) atoms. The molecule has 0 unspecified atom stereocenters. The van der Waals surface area contributed by atoms with Gasteiger partial charge in [-0.3, -0.25) is 4.99 Å². The van der Waals surface area contributed by atoms with Gasteiger partial charge in [-0.1, -0.05) is 12.1 Å². The van der Waals surface area contributed by atoms with Crippen molar-refractivity contribution in [2.75, 3.05) is 40.0 Å². The van der Waals surface area contributed by atoms with Crippen molar-refractivity contribution in [2.24, 2.45) is 4.99 Å². The smallest absolute Gasteiger partial charge is 0.191 e. The molecule has 0 heterocycles. The van der Waals surface area contributed by atoms with E-state index in [1.54, 1.807) is 7.05 Å². The minimum absolute atomic E-state index is 0.606. The summed E-state index contributed by atoms with van der Waals surface area (Å²) in [4.78, 5) is 4.19. The number of aliphatic imine (C=N–C) groups is 1. The highest BCUT2D eigenvalue weighted by atomic mass is 16.5. The fraction of sp³-hybridized carbons (Fsp3) is 0.588. The van der Waals surface area contributed by atoms with E-state index in [2.05, 4.69) is 28.6 Å². The van der Waals surface area contributed by atoms with Crippen LogP contribution >= 0.6 is 0 Å². The molecule has 0 bridgehead atoms. The van der Waals surface area contributed by atoms with Crippen LogP contribution in [-0.2, 0) is 4.74 Å². The van der Waals surface area contributed by atoms with E-state index < -0.39 is 0 Å². The predicted molar refractivity (Wildman–Crippen MR) is 91.8 cm³/mol. The number of guanidine groups is 1. The highest BCUT2D eigenvalue weighted by Crippen LogP contribution is 2.11. The van der Waals surface area contributed by atoms with Crippen LogP contribution in [0.1, 0.15) is 25.3 Å². The second kappa shape index (κ2) is 11.9. The Labute approximate surface area is 134 Å². The van der Waals surface area contributed by atoms with E-state index in [1.807, 2.05) is 25.1 Å². The Morgan fingerprint density at radius 2 is 1.95 bits per heavy atom. The van der Waals surface area contributed by atoms with E-state index in [0.717, 1.165) is 44.3 Å². The molecule has 5 heteroatoms. The summed E-state index contributed by atoms with van der Waals surface area (Å²) < 4.78 is 11.0. The third-order valence-electron chi connectivity index (χ3n) is 3.09. The first kappa shape index (κ1) is 18.3. The van der Waals surface area contributed by atoms with E-state index in [1.165, 1.54) is 5.56 Å². The Hall–Kier alpha value is -1.75. The summed E-state index contributed by atoms with van der Waals surface area (Å²) in [6.45, 7) is 7.91. The van der Waals surface area contributed by atoms with Gasteiger partial charge >= 0.3 is 0 Å². The molecular weight excluding hydrogens is 278 g/mol. The van der Waals surface area contributed by atoms with Gasteiger partial charge in [0.15, 0.2) is 5.96 Å². The van der Waals surface area contributed by atoms with Gasteiger partial charge in [0.25, 0.3) is 0 Å². The lowest BCUT2D eigenvalue weighted by Crippen LogP contribution is -2.39. The summed E-state index contributed by atoms with van der Waals surface area (Å²) in [5, 5.41) is 6.52. The second-order valence-corrected chi connectivity index (χ2v) is 4.99. The van der Waals surface area contributed by atoms with Crippen LogP contribution in [0.15, 0.2) is 29.3 Å². The molecule has 0 spiro atoms. The van der Waals surface area contributed by atoms with Crippen molar-refractivity contribution in [3.8, 4) is 5.75 Å². The molecule has 0 aromatic heterocycles. The quantitative estimate of drug-likeness (QED) is 0.396. The van der Waals surface area contributed by atoms with Crippen LogP contribution in [0.25, 0.3) is 0 Å². The maximum absolute atomic E-state index is 5.69. The predicted octanol–water partition coefficient (Wildman–Crippen LogP) is 2.36. The molecule has 0 fully saturated rings. The molecule has 0 aliphatic carbocycles. The van der Waals surface area contributed by atoms with Gasteiger partial charge < -0.3 is 20.1 Å². The number of rotatable bonds is 10. The highest BCUT2D eigenvalue weighted by Gasteiger charge is 1.98. The van der Waals surface area contributed by atoms with Crippen molar-refractivity contribution in [3.05, 3.63) is 29.8 Å². The molecule has 0 amide bonds. The number of unbranched alkanes of at least 4 members (excludes halogenated alkanes) is 1. The Balaban J connectivity index is 2.08. The molecule has 1 aromatic carbocycles. The van der Waals surface area contributed by atoms with Gasteiger partial charge in [0.2, 0.25) is 0 Å². The first-order chi connectivity index (χ1) is 10.8. The van der Waals surface area contributed by atoms with Crippen LogP contribution in [0, 0.1) is 6.92 Å². The van der Waals surface area contributed by atoms with Crippen LogP contribution in [0.3, 0.4) is 0 Å². The van der Waals surface area contributed by atoms with Crippen LogP contribution in [-0.4, -0.2) is 45.9 Å². The lowest BCUT2D eigenvalue weighted by molar-refractivity contribution is 0.143. The Kier molecular flexibility index (Phi) is 9.87. The zero-order valence-electron chi connectivity index (χ0n) is 14.0. The number of ether oxygens (including phenoxy) is 2. The van der Waals surface area contributed by atoms with Gasteiger partial charge in [-0.25, -0.2) is 0 Å². The highest BCUT2D eigenvalue weighted by molar-refractivity contribution is 5.79. The van der Waals surface area contributed by atoms with E-state index in [-0.39, 0.29) is 0 Å². The molecule has 0 saturated heterocycles. The number of hydrogen-bond acceptors (Lipinski definition) is 3. The van der Waals surface area contributed by atoms with E-state index >= 15 is 0 Å². The summed E-state index contributed by atoms with van der Waals surface area (Å²) in [5.41, 5.74) is 1.20. The van der Waals surface area contributed by atoms with Gasteiger partial charge in [-0.05, 0) is 44.4 Å².